The number of rotatable bonds is 4. The van der Waals surface area contributed by atoms with Gasteiger partial charge in [0.15, 0.2) is 0 Å². The van der Waals surface area contributed by atoms with E-state index >= 15 is 0 Å². The average molecular weight is 442 g/mol. The second kappa shape index (κ2) is 8.89. The number of hydrogen-bond acceptors (Lipinski definition) is 4. The Morgan fingerprint density at radius 3 is 2.19 bits per heavy atom. The normalized spacial score (nSPS) is 17.2. The smallest absolute Gasteiger partial charge is 0.283 e. The van der Waals surface area contributed by atoms with Crippen LogP contribution in [0.1, 0.15) is 36.0 Å². The van der Waals surface area contributed by atoms with Crippen LogP contribution in [-0.4, -0.2) is 35.7 Å². The largest absolute Gasteiger partial charge is 0.350 e. The van der Waals surface area contributed by atoms with Crippen molar-refractivity contribution in [2.75, 3.05) is 23.3 Å². The van der Waals surface area contributed by atoms with Crippen LogP contribution in [0.4, 0.5) is 15.8 Å². The van der Waals surface area contributed by atoms with Crippen molar-refractivity contribution < 1.29 is 18.8 Å². The van der Waals surface area contributed by atoms with Gasteiger partial charge in [0.2, 0.25) is 0 Å². The van der Waals surface area contributed by atoms with Gasteiger partial charge in [0.25, 0.3) is 17.7 Å². The molecule has 8 heteroatoms. The fraction of sp³-hybridized carbons (Fsp3) is 0.261. The maximum atomic E-state index is 14.1. The van der Waals surface area contributed by atoms with Crippen molar-refractivity contribution in [1.29, 1.82) is 0 Å². The van der Waals surface area contributed by atoms with Crippen LogP contribution >= 0.6 is 11.6 Å². The third kappa shape index (κ3) is 4.18. The van der Waals surface area contributed by atoms with Crippen LogP contribution in [0.15, 0.2) is 59.3 Å². The first-order valence-electron chi connectivity index (χ1n) is 10.2. The SMILES string of the molecule is O=C(c1ccc(NC2=C(Cl)C(=O)N(c3ccccc3F)C2=O)cc1)N1CCCCCC1. The summed E-state index contributed by atoms with van der Waals surface area (Å²) in [4.78, 5) is 40.5. The van der Waals surface area contributed by atoms with Gasteiger partial charge in [0.1, 0.15) is 16.5 Å². The molecular weight excluding hydrogens is 421 g/mol. The van der Waals surface area contributed by atoms with E-state index in [-0.39, 0.29) is 22.3 Å². The summed E-state index contributed by atoms with van der Waals surface area (Å²) in [5.41, 5.74) is 0.735. The number of likely N-dealkylation sites (tertiary alicyclic amines) is 1. The fourth-order valence-electron chi connectivity index (χ4n) is 3.76. The second-order valence-corrected chi connectivity index (χ2v) is 7.87. The van der Waals surface area contributed by atoms with E-state index in [2.05, 4.69) is 5.32 Å². The molecule has 0 saturated carbocycles. The minimum atomic E-state index is -0.799. The van der Waals surface area contributed by atoms with Gasteiger partial charge in [-0.05, 0) is 49.2 Å². The van der Waals surface area contributed by atoms with Crippen LogP contribution < -0.4 is 10.2 Å². The number of halogens is 2. The van der Waals surface area contributed by atoms with Crippen molar-refractivity contribution in [3.05, 3.63) is 70.6 Å². The number of nitrogens with zero attached hydrogens (tertiary/aromatic N) is 2. The maximum Gasteiger partial charge on any atom is 0.283 e. The molecule has 0 atom stereocenters. The minimum absolute atomic E-state index is 0.0245. The van der Waals surface area contributed by atoms with Crippen molar-refractivity contribution in [2.45, 2.75) is 25.7 Å². The van der Waals surface area contributed by atoms with Gasteiger partial charge in [0, 0.05) is 24.3 Å². The molecule has 0 bridgehead atoms. The summed E-state index contributed by atoms with van der Waals surface area (Å²) in [6.07, 6.45) is 4.29. The minimum Gasteiger partial charge on any atom is -0.350 e. The Morgan fingerprint density at radius 1 is 0.903 bits per heavy atom. The van der Waals surface area contributed by atoms with Crippen LogP contribution in [0, 0.1) is 5.82 Å². The summed E-state index contributed by atoms with van der Waals surface area (Å²) < 4.78 is 14.1. The molecule has 2 aliphatic rings. The van der Waals surface area contributed by atoms with E-state index in [9.17, 15) is 18.8 Å². The number of anilines is 2. The standard InChI is InChI=1S/C23H21ClFN3O3/c24-19-20(23(31)28(22(19)30)18-8-4-3-7-17(18)25)26-16-11-9-15(10-12-16)21(29)27-13-5-1-2-6-14-27/h3-4,7-12,26H,1-2,5-6,13-14H2. The van der Waals surface area contributed by atoms with Crippen molar-refractivity contribution in [1.82, 2.24) is 4.90 Å². The lowest BCUT2D eigenvalue weighted by atomic mass is 10.1. The molecule has 2 aromatic carbocycles. The molecule has 0 radical (unpaired) electrons. The fourth-order valence-corrected chi connectivity index (χ4v) is 3.97. The summed E-state index contributed by atoms with van der Waals surface area (Å²) in [6, 6.07) is 12.1. The van der Waals surface area contributed by atoms with Crippen LogP contribution in [-0.2, 0) is 9.59 Å². The monoisotopic (exact) mass is 441 g/mol. The highest BCUT2D eigenvalue weighted by Gasteiger charge is 2.40. The Labute approximate surface area is 184 Å². The summed E-state index contributed by atoms with van der Waals surface area (Å²) >= 11 is 6.09. The molecule has 0 spiro atoms. The zero-order valence-corrected chi connectivity index (χ0v) is 17.5. The molecule has 2 aliphatic heterocycles. The summed E-state index contributed by atoms with van der Waals surface area (Å²) in [5.74, 6) is -2.27. The van der Waals surface area contributed by atoms with Crippen molar-refractivity contribution in [3.8, 4) is 0 Å². The summed E-state index contributed by atoms with van der Waals surface area (Å²) in [5, 5.41) is 2.51. The first kappa shape index (κ1) is 21.1. The van der Waals surface area contributed by atoms with Crippen LogP contribution in [0.3, 0.4) is 0 Å². The predicted molar refractivity (Wildman–Crippen MR) is 116 cm³/mol. The number of para-hydroxylation sites is 1. The molecular formula is C23H21ClFN3O3. The molecule has 2 aromatic rings. The number of amides is 3. The van der Waals surface area contributed by atoms with E-state index in [4.69, 9.17) is 11.6 Å². The summed E-state index contributed by atoms with van der Waals surface area (Å²) in [6.45, 7) is 1.51. The summed E-state index contributed by atoms with van der Waals surface area (Å²) in [7, 11) is 0. The first-order chi connectivity index (χ1) is 15.0. The van der Waals surface area contributed by atoms with Crippen LogP contribution in [0.25, 0.3) is 0 Å². The van der Waals surface area contributed by atoms with E-state index in [1.807, 2.05) is 4.90 Å². The number of benzene rings is 2. The van der Waals surface area contributed by atoms with Gasteiger partial charge in [0.05, 0.1) is 5.69 Å². The molecule has 0 unspecified atom stereocenters. The van der Waals surface area contributed by atoms with Crippen molar-refractivity contribution in [2.24, 2.45) is 0 Å². The van der Waals surface area contributed by atoms with E-state index in [0.717, 1.165) is 44.8 Å². The van der Waals surface area contributed by atoms with E-state index in [1.54, 1.807) is 24.3 Å². The van der Waals surface area contributed by atoms with Gasteiger partial charge < -0.3 is 10.2 Å². The second-order valence-electron chi connectivity index (χ2n) is 7.49. The van der Waals surface area contributed by atoms with Crippen LogP contribution in [0.2, 0.25) is 0 Å². The lowest BCUT2D eigenvalue weighted by Gasteiger charge is -2.20. The molecule has 1 N–H and O–H groups in total. The molecule has 160 valence electrons. The van der Waals surface area contributed by atoms with Gasteiger partial charge >= 0.3 is 0 Å². The molecule has 0 aliphatic carbocycles. The Hall–Kier alpha value is -3.19. The molecule has 1 fully saturated rings. The third-order valence-electron chi connectivity index (χ3n) is 5.42. The zero-order chi connectivity index (χ0) is 22.0. The molecule has 2 heterocycles. The quantitative estimate of drug-likeness (QED) is 0.719. The number of imide groups is 1. The number of hydrogen-bond donors (Lipinski definition) is 1. The van der Waals surface area contributed by atoms with Crippen LogP contribution in [0.5, 0.6) is 0 Å². The molecule has 1 saturated heterocycles. The Balaban J connectivity index is 1.50. The third-order valence-corrected chi connectivity index (χ3v) is 5.77. The maximum absolute atomic E-state index is 14.1. The van der Waals surface area contributed by atoms with Gasteiger partial charge in [-0.25, -0.2) is 9.29 Å². The zero-order valence-electron chi connectivity index (χ0n) is 16.7. The average Bonchev–Trinajstić information content (AvgIpc) is 2.98. The van der Waals surface area contributed by atoms with E-state index in [1.165, 1.54) is 18.2 Å². The molecule has 4 rings (SSSR count). The van der Waals surface area contributed by atoms with Gasteiger partial charge in [-0.1, -0.05) is 36.6 Å². The van der Waals surface area contributed by atoms with E-state index in [0.29, 0.717) is 16.2 Å². The molecule has 31 heavy (non-hydrogen) atoms. The van der Waals surface area contributed by atoms with E-state index < -0.39 is 17.6 Å². The highest BCUT2D eigenvalue weighted by atomic mass is 35.5. The highest BCUT2D eigenvalue weighted by Crippen LogP contribution is 2.31. The topological polar surface area (TPSA) is 69.7 Å². The lowest BCUT2D eigenvalue weighted by Crippen LogP contribution is -2.33. The molecule has 0 aromatic heterocycles. The lowest BCUT2D eigenvalue weighted by molar-refractivity contribution is -0.120. The molecule has 6 nitrogen and oxygen atoms in total. The Kier molecular flexibility index (Phi) is 6.04. The van der Waals surface area contributed by atoms with Gasteiger partial charge in [-0.2, -0.15) is 0 Å². The van der Waals surface area contributed by atoms with Crippen molar-refractivity contribution >= 4 is 40.7 Å². The highest BCUT2D eigenvalue weighted by molar-refractivity contribution is 6.53. The Bertz CT molecular complexity index is 1060. The van der Waals surface area contributed by atoms with Crippen molar-refractivity contribution in [3.63, 3.8) is 0 Å². The molecule has 3 amide bonds. The van der Waals surface area contributed by atoms with Gasteiger partial charge in [-0.3, -0.25) is 14.4 Å². The predicted octanol–water partition coefficient (Wildman–Crippen LogP) is 4.28. The number of carbonyl (C=O) groups is 3. The number of carbonyl (C=O) groups excluding carboxylic acids is 3. The van der Waals surface area contributed by atoms with Gasteiger partial charge in [-0.15, -0.1) is 0 Å². The number of nitrogens with one attached hydrogen (secondary N) is 1. The Morgan fingerprint density at radius 2 is 1.55 bits per heavy atom. The first-order valence-corrected chi connectivity index (χ1v) is 10.5.